The van der Waals surface area contributed by atoms with Crippen LogP contribution in [0.4, 0.5) is 8.78 Å². The smallest absolute Gasteiger partial charge is 0.338 e. The summed E-state index contributed by atoms with van der Waals surface area (Å²) in [7, 11) is 1.50. The van der Waals surface area contributed by atoms with E-state index in [1.165, 1.54) is 31.4 Å². The quantitative estimate of drug-likeness (QED) is 0.448. The van der Waals surface area contributed by atoms with Gasteiger partial charge >= 0.3 is 5.97 Å². The van der Waals surface area contributed by atoms with Crippen LogP contribution in [0.3, 0.4) is 0 Å². The highest BCUT2D eigenvalue weighted by Crippen LogP contribution is 2.25. The van der Waals surface area contributed by atoms with E-state index in [2.05, 4.69) is 0 Å². The number of carbonyl (C=O) groups is 1. The van der Waals surface area contributed by atoms with Crippen LogP contribution >= 0.6 is 11.8 Å². The topological polar surface area (TPSA) is 35.5 Å². The number of benzene rings is 1. The Morgan fingerprint density at radius 3 is 2.47 bits per heavy atom. The van der Waals surface area contributed by atoms with Crippen molar-refractivity contribution in [2.24, 2.45) is 0 Å². The molecule has 0 aliphatic carbocycles. The fourth-order valence-electron chi connectivity index (χ4n) is 1.07. The van der Waals surface area contributed by atoms with Gasteiger partial charge in [0.1, 0.15) is 6.61 Å². The van der Waals surface area contributed by atoms with Gasteiger partial charge in [-0.2, -0.15) is 8.78 Å². The van der Waals surface area contributed by atoms with Gasteiger partial charge in [-0.05, 0) is 24.3 Å². The van der Waals surface area contributed by atoms with Crippen molar-refractivity contribution in [2.45, 2.75) is 10.7 Å². The number of thioether (sulfide) groups is 1. The van der Waals surface area contributed by atoms with Crippen molar-refractivity contribution >= 4 is 17.7 Å². The van der Waals surface area contributed by atoms with Crippen molar-refractivity contribution in [3.05, 3.63) is 29.8 Å². The van der Waals surface area contributed by atoms with E-state index in [0.717, 1.165) is 0 Å². The molecule has 1 aromatic carbocycles. The number of ether oxygens (including phenoxy) is 2. The predicted octanol–water partition coefficient (Wildman–Crippen LogP) is 2.80. The summed E-state index contributed by atoms with van der Waals surface area (Å²) < 4.78 is 33.7. The lowest BCUT2D eigenvalue weighted by molar-refractivity contribution is 0.0388. The Kier molecular flexibility index (Phi) is 5.93. The summed E-state index contributed by atoms with van der Waals surface area (Å²) in [6, 6.07) is 5.84. The molecule has 0 aliphatic heterocycles. The lowest BCUT2D eigenvalue weighted by atomic mass is 10.2. The van der Waals surface area contributed by atoms with Gasteiger partial charge in [0.05, 0.1) is 12.2 Å². The Hall–Kier alpha value is -1.14. The van der Waals surface area contributed by atoms with E-state index in [4.69, 9.17) is 9.47 Å². The van der Waals surface area contributed by atoms with Crippen LogP contribution in [-0.4, -0.2) is 32.1 Å². The second-order valence-electron chi connectivity index (χ2n) is 3.03. The van der Waals surface area contributed by atoms with Crippen molar-refractivity contribution in [3.8, 4) is 0 Å². The summed E-state index contributed by atoms with van der Waals surface area (Å²) in [5.41, 5.74) is 0.333. The van der Waals surface area contributed by atoms with Crippen LogP contribution in [-0.2, 0) is 9.47 Å². The molecule has 1 rings (SSSR count). The first-order valence-electron chi connectivity index (χ1n) is 4.84. The second kappa shape index (κ2) is 7.24. The van der Waals surface area contributed by atoms with Crippen molar-refractivity contribution in [1.29, 1.82) is 0 Å². The van der Waals surface area contributed by atoms with Crippen molar-refractivity contribution < 1.29 is 23.0 Å². The van der Waals surface area contributed by atoms with Crippen molar-refractivity contribution in [3.63, 3.8) is 0 Å². The van der Waals surface area contributed by atoms with Gasteiger partial charge in [0.15, 0.2) is 0 Å². The predicted molar refractivity (Wildman–Crippen MR) is 60.5 cm³/mol. The second-order valence-corrected chi connectivity index (χ2v) is 4.10. The minimum atomic E-state index is -2.46. The van der Waals surface area contributed by atoms with Crippen LogP contribution in [0.2, 0.25) is 0 Å². The van der Waals surface area contributed by atoms with Gasteiger partial charge in [-0.1, -0.05) is 11.8 Å². The first-order chi connectivity index (χ1) is 8.13. The fourth-order valence-corrected chi connectivity index (χ4v) is 1.57. The molecular formula is C11H12F2O3S. The van der Waals surface area contributed by atoms with E-state index in [0.29, 0.717) is 28.8 Å². The molecule has 0 aromatic heterocycles. The summed E-state index contributed by atoms with van der Waals surface area (Å²) in [6.07, 6.45) is 0. The normalized spacial score (nSPS) is 10.6. The highest BCUT2D eigenvalue weighted by atomic mass is 32.2. The van der Waals surface area contributed by atoms with Gasteiger partial charge in [-0.15, -0.1) is 0 Å². The summed E-state index contributed by atoms with van der Waals surface area (Å²) in [6.45, 7) is 0.494. The zero-order chi connectivity index (χ0) is 12.7. The summed E-state index contributed by atoms with van der Waals surface area (Å²) in [4.78, 5) is 11.8. The lowest BCUT2D eigenvalue weighted by Gasteiger charge is -2.05. The first kappa shape index (κ1) is 13.9. The third-order valence-corrected chi connectivity index (χ3v) is 2.56. The minimum absolute atomic E-state index is 0.170. The maximum absolute atomic E-state index is 12.0. The standard InChI is InChI=1S/C11H12F2O3S/c1-15-6-7-16-10(14)8-2-4-9(5-3-8)17-11(12)13/h2-5,11H,6-7H2,1H3. The minimum Gasteiger partial charge on any atom is -0.460 e. The lowest BCUT2D eigenvalue weighted by Crippen LogP contribution is -2.09. The molecule has 17 heavy (non-hydrogen) atoms. The molecule has 6 heteroatoms. The van der Waals surface area contributed by atoms with Crippen molar-refractivity contribution in [1.82, 2.24) is 0 Å². The Balaban J connectivity index is 2.52. The monoisotopic (exact) mass is 262 g/mol. The number of hydrogen-bond donors (Lipinski definition) is 0. The molecule has 0 atom stereocenters. The molecular weight excluding hydrogens is 250 g/mol. The number of hydrogen-bond acceptors (Lipinski definition) is 4. The Morgan fingerprint density at radius 1 is 1.29 bits per heavy atom. The largest absolute Gasteiger partial charge is 0.460 e. The number of esters is 1. The third kappa shape index (κ3) is 5.14. The van der Waals surface area contributed by atoms with Crippen LogP contribution in [0.5, 0.6) is 0 Å². The summed E-state index contributed by atoms with van der Waals surface area (Å²) >= 11 is 0.435. The molecule has 0 saturated heterocycles. The van der Waals surface area contributed by atoms with E-state index in [-0.39, 0.29) is 6.61 Å². The first-order valence-corrected chi connectivity index (χ1v) is 5.72. The summed E-state index contributed by atoms with van der Waals surface area (Å²) in [5, 5.41) is 0. The number of methoxy groups -OCH3 is 1. The SMILES string of the molecule is COCCOC(=O)c1ccc(SC(F)F)cc1. The molecule has 3 nitrogen and oxygen atoms in total. The van der Waals surface area contributed by atoms with E-state index in [9.17, 15) is 13.6 Å². The van der Waals surface area contributed by atoms with Gasteiger partial charge in [-0.25, -0.2) is 4.79 Å². The highest BCUT2D eigenvalue weighted by Gasteiger charge is 2.09. The van der Waals surface area contributed by atoms with E-state index in [1.807, 2.05) is 0 Å². The molecule has 0 bridgehead atoms. The van der Waals surface area contributed by atoms with Gasteiger partial charge in [0.2, 0.25) is 0 Å². The number of carbonyl (C=O) groups excluding carboxylic acids is 1. The molecule has 94 valence electrons. The Morgan fingerprint density at radius 2 is 1.94 bits per heavy atom. The molecule has 0 heterocycles. The number of halogens is 2. The molecule has 0 N–H and O–H groups in total. The molecule has 0 spiro atoms. The van der Waals surface area contributed by atoms with E-state index < -0.39 is 11.7 Å². The molecule has 0 saturated carbocycles. The maximum atomic E-state index is 12.0. The van der Waals surface area contributed by atoms with Gasteiger partial charge in [-0.3, -0.25) is 0 Å². The fraction of sp³-hybridized carbons (Fsp3) is 0.364. The average molecular weight is 262 g/mol. The van der Waals surface area contributed by atoms with Crippen molar-refractivity contribution in [2.75, 3.05) is 20.3 Å². The number of rotatable bonds is 6. The molecule has 0 unspecified atom stereocenters. The maximum Gasteiger partial charge on any atom is 0.338 e. The molecule has 0 radical (unpaired) electrons. The van der Waals surface area contributed by atoms with E-state index >= 15 is 0 Å². The molecule has 1 aromatic rings. The highest BCUT2D eigenvalue weighted by molar-refractivity contribution is 7.99. The molecule has 0 fully saturated rings. The van der Waals surface area contributed by atoms with Crippen LogP contribution in [0.15, 0.2) is 29.2 Å². The van der Waals surface area contributed by atoms with Gasteiger partial charge in [0, 0.05) is 12.0 Å². The van der Waals surface area contributed by atoms with Gasteiger partial charge < -0.3 is 9.47 Å². The number of alkyl halides is 2. The zero-order valence-corrected chi connectivity index (χ0v) is 10.0. The van der Waals surface area contributed by atoms with E-state index in [1.54, 1.807) is 0 Å². The third-order valence-electron chi connectivity index (χ3n) is 1.84. The van der Waals surface area contributed by atoms with Gasteiger partial charge in [0.25, 0.3) is 5.76 Å². The summed E-state index contributed by atoms with van der Waals surface area (Å²) in [5.74, 6) is -2.95. The molecule has 0 amide bonds. The molecule has 0 aliphatic rings. The van der Waals surface area contributed by atoms with Crippen LogP contribution in [0, 0.1) is 0 Å². The zero-order valence-electron chi connectivity index (χ0n) is 9.19. The van der Waals surface area contributed by atoms with Crippen LogP contribution < -0.4 is 0 Å². The van der Waals surface area contributed by atoms with Crippen LogP contribution in [0.25, 0.3) is 0 Å². The van der Waals surface area contributed by atoms with Crippen LogP contribution in [0.1, 0.15) is 10.4 Å². The Bertz CT molecular complexity index is 354. The average Bonchev–Trinajstić information content (AvgIpc) is 2.29. The Labute approximate surface area is 102 Å².